The van der Waals surface area contributed by atoms with Gasteiger partial charge in [-0.25, -0.2) is 5.26 Å². The van der Waals surface area contributed by atoms with Crippen LogP contribution in [0.2, 0.25) is 0 Å². The molecule has 0 saturated heterocycles. The molecule has 3 heteroatoms. The summed E-state index contributed by atoms with van der Waals surface area (Å²) in [4.78, 5) is 6.41. The maximum Gasteiger partial charge on any atom is 0.234 e. The third kappa shape index (κ3) is 0.721. The molecule has 2 N–H and O–H groups in total. The van der Waals surface area contributed by atoms with Crippen LogP contribution >= 0.6 is 0 Å². The molecule has 0 radical (unpaired) electrons. The van der Waals surface area contributed by atoms with E-state index in [1.54, 1.807) is 18.3 Å². The van der Waals surface area contributed by atoms with Crippen molar-refractivity contribution in [1.82, 2.24) is 4.98 Å². The Balaban J connectivity index is 2.76. The number of rotatable bonds is 1. The van der Waals surface area contributed by atoms with E-state index in [9.17, 15) is 0 Å². The van der Waals surface area contributed by atoms with Gasteiger partial charge in [-0.05, 0) is 6.07 Å². The highest BCUT2D eigenvalue weighted by Gasteiger charge is 1.84. The number of H-pyrrole nitrogens is 1. The number of hydrogen-bond donors (Lipinski definition) is 2. The van der Waals surface area contributed by atoms with Crippen LogP contribution < -0.4 is 4.89 Å². The fourth-order valence-corrected chi connectivity index (χ4v) is 0.371. The van der Waals surface area contributed by atoms with E-state index in [4.69, 9.17) is 5.26 Å². The molecule has 1 heterocycles. The first kappa shape index (κ1) is 4.21. The second kappa shape index (κ2) is 1.66. The molecule has 0 unspecified atom stereocenters. The molecule has 0 spiro atoms. The Kier molecular flexibility index (Phi) is 0.997. The molecule has 3 nitrogen and oxygen atoms in total. The Morgan fingerprint density at radius 3 is 2.86 bits per heavy atom. The van der Waals surface area contributed by atoms with E-state index < -0.39 is 0 Å². The third-order valence-electron chi connectivity index (χ3n) is 0.668. The van der Waals surface area contributed by atoms with E-state index in [0.29, 0.717) is 5.88 Å². The summed E-state index contributed by atoms with van der Waals surface area (Å²) < 4.78 is 0. The van der Waals surface area contributed by atoms with Crippen molar-refractivity contribution in [3.05, 3.63) is 18.3 Å². The maximum absolute atomic E-state index is 7.90. The maximum atomic E-state index is 7.90. The number of aromatic amines is 1. The first-order chi connectivity index (χ1) is 3.43. The van der Waals surface area contributed by atoms with Crippen LogP contribution in [0.5, 0.6) is 5.88 Å². The van der Waals surface area contributed by atoms with Crippen LogP contribution in [0.25, 0.3) is 0 Å². The Morgan fingerprint density at radius 1 is 1.71 bits per heavy atom. The van der Waals surface area contributed by atoms with Gasteiger partial charge in [0, 0.05) is 12.3 Å². The van der Waals surface area contributed by atoms with Crippen molar-refractivity contribution in [2.75, 3.05) is 0 Å². The lowest BCUT2D eigenvalue weighted by atomic mass is 10.7. The van der Waals surface area contributed by atoms with Gasteiger partial charge in [0.15, 0.2) is 0 Å². The number of aromatic nitrogens is 1. The van der Waals surface area contributed by atoms with E-state index in [1.165, 1.54) is 0 Å². The van der Waals surface area contributed by atoms with E-state index in [0.717, 1.165) is 0 Å². The van der Waals surface area contributed by atoms with Crippen molar-refractivity contribution in [2.45, 2.75) is 0 Å². The summed E-state index contributed by atoms with van der Waals surface area (Å²) in [5.41, 5.74) is 0. The van der Waals surface area contributed by atoms with Gasteiger partial charge in [0.25, 0.3) is 0 Å². The van der Waals surface area contributed by atoms with Gasteiger partial charge in [0.05, 0.1) is 0 Å². The van der Waals surface area contributed by atoms with E-state index in [-0.39, 0.29) is 0 Å². The summed E-state index contributed by atoms with van der Waals surface area (Å²) >= 11 is 0. The lowest BCUT2D eigenvalue weighted by Gasteiger charge is -1.83. The summed E-state index contributed by atoms with van der Waals surface area (Å²) in [5, 5.41) is 7.90. The van der Waals surface area contributed by atoms with Crippen molar-refractivity contribution in [2.24, 2.45) is 0 Å². The average molecular weight is 99.1 g/mol. The van der Waals surface area contributed by atoms with Gasteiger partial charge in [-0.2, -0.15) is 0 Å². The van der Waals surface area contributed by atoms with Crippen molar-refractivity contribution >= 4 is 0 Å². The van der Waals surface area contributed by atoms with Gasteiger partial charge in [0.2, 0.25) is 5.88 Å². The zero-order chi connectivity index (χ0) is 5.11. The molecule has 1 aromatic heterocycles. The summed E-state index contributed by atoms with van der Waals surface area (Å²) in [5.74, 6) is 0.361. The van der Waals surface area contributed by atoms with Crippen LogP contribution in [0, 0.1) is 0 Å². The molecule has 7 heavy (non-hydrogen) atoms. The molecule has 0 fully saturated rings. The van der Waals surface area contributed by atoms with Crippen LogP contribution in [0.1, 0.15) is 0 Å². The molecular weight excluding hydrogens is 94.0 g/mol. The molecule has 38 valence electrons. The number of hydrogen-bond acceptors (Lipinski definition) is 2. The molecule has 0 atom stereocenters. The lowest BCUT2D eigenvalue weighted by Crippen LogP contribution is -1.80. The molecular formula is C4H5NO2. The molecule has 0 aliphatic carbocycles. The van der Waals surface area contributed by atoms with Crippen LogP contribution in [0.3, 0.4) is 0 Å². The van der Waals surface area contributed by atoms with Crippen molar-refractivity contribution < 1.29 is 10.1 Å². The highest BCUT2D eigenvalue weighted by atomic mass is 17.1. The molecule has 0 aliphatic rings. The predicted molar refractivity (Wildman–Crippen MR) is 24.0 cm³/mol. The first-order valence-electron chi connectivity index (χ1n) is 1.88. The smallest absolute Gasteiger partial charge is 0.234 e. The molecule has 1 rings (SSSR count). The van der Waals surface area contributed by atoms with Crippen LogP contribution in [0.4, 0.5) is 0 Å². The van der Waals surface area contributed by atoms with Gasteiger partial charge in [-0.1, -0.05) is 0 Å². The van der Waals surface area contributed by atoms with Gasteiger partial charge in [-0.3, -0.25) is 0 Å². The zero-order valence-electron chi connectivity index (χ0n) is 3.59. The number of nitrogens with one attached hydrogen (secondary N) is 1. The average Bonchev–Trinajstić information content (AvgIpc) is 2.14. The summed E-state index contributed by atoms with van der Waals surface area (Å²) in [7, 11) is 0. The molecule has 0 aromatic carbocycles. The Morgan fingerprint density at radius 2 is 2.57 bits per heavy atom. The van der Waals surface area contributed by atoms with Crippen LogP contribution in [-0.4, -0.2) is 10.2 Å². The van der Waals surface area contributed by atoms with Crippen molar-refractivity contribution in [1.29, 1.82) is 0 Å². The van der Waals surface area contributed by atoms with Crippen molar-refractivity contribution in [3.8, 4) is 5.88 Å². The van der Waals surface area contributed by atoms with Gasteiger partial charge in [-0.15, -0.1) is 0 Å². The SMILES string of the molecule is OOc1ccc[nH]1. The Bertz CT molecular complexity index is 124. The third-order valence-corrected chi connectivity index (χ3v) is 0.668. The highest BCUT2D eigenvalue weighted by molar-refractivity contribution is 5.08. The minimum atomic E-state index is 0.361. The van der Waals surface area contributed by atoms with E-state index in [2.05, 4.69) is 9.87 Å². The topological polar surface area (TPSA) is 45.2 Å². The summed E-state index contributed by atoms with van der Waals surface area (Å²) in [6, 6.07) is 3.34. The van der Waals surface area contributed by atoms with E-state index in [1.807, 2.05) is 0 Å². The molecule has 0 amide bonds. The second-order valence-electron chi connectivity index (χ2n) is 1.13. The normalized spacial score (nSPS) is 8.71. The molecule has 0 saturated carbocycles. The predicted octanol–water partition coefficient (Wildman–Crippen LogP) is 0.866. The minimum Gasteiger partial charge on any atom is -0.330 e. The zero-order valence-corrected chi connectivity index (χ0v) is 3.59. The monoisotopic (exact) mass is 99.0 g/mol. The Hall–Kier alpha value is -0.960. The van der Waals surface area contributed by atoms with Crippen molar-refractivity contribution in [3.63, 3.8) is 0 Å². The van der Waals surface area contributed by atoms with E-state index >= 15 is 0 Å². The fraction of sp³-hybridized carbons (Fsp3) is 0. The fourth-order valence-electron chi connectivity index (χ4n) is 0.371. The lowest BCUT2D eigenvalue weighted by molar-refractivity contribution is -0.141. The molecule has 0 aliphatic heterocycles. The van der Waals surface area contributed by atoms with Crippen LogP contribution in [0.15, 0.2) is 18.3 Å². The molecule has 1 aromatic rings. The van der Waals surface area contributed by atoms with Crippen LogP contribution in [-0.2, 0) is 0 Å². The quantitative estimate of drug-likeness (QED) is 0.405. The van der Waals surface area contributed by atoms with Gasteiger partial charge in [0.1, 0.15) is 0 Å². The second-order valence-corrected chi connectivity index (χ2v) is 1.13. The summed E-state index contributed by atoms with van der Waals surface area (Å²) in [6.45, 7) is 0. The summed E-state index contributed by atoms with van der Waals surface area (Å²) in [6.07, 6.45) is 1.66. The molecule has 0 bridgehead atoms. The van der Waals surface area contributed by atoms with Gasteiger partial charge >= 0.3 is 0 Å². The minimum absolute atomic E-state index is 0.361. The highest BCUT2D eigenvalue weighted by Crippen LogP contribution is 2.00. The van der Waals surface area contributed by atoms with Gasteiger partial charge < -0.3 is 9.87 Å². The Labute approximate surface area is 40.5 Å². The largest absolute Gasteiger partial charge is 0.330 e. The first-order valence-corrected chi connectivity index (χ1v) is 1.88. The standard InChI is InChI=1S/C4H5NO2/c6-7-4-2-1-3-5-4/h1-3,5-6H.